The molecule has 166 valence electrons. The fraction of sp³-hybridized carbons (Fsp3) is 0.381. The lowest BCUT2D eigenvalue weighted by Gasteiger charge is -2.35. The van der Waals surface area contributed by atoms with Gasteiger partial charge in [-0.25, -0.2) is 12.9 Å². The van der Waals surface area contributed by atoms with Gasteiger partial charge in [0.05, 0.1) is 22.1 Å². The molecule has 0 bridgehead atoms. The van der Waals surface area contributed by atoms with Crippen molar-refractivity contribution in [3.8, 4) is 0 Å². The van der Waals surface area contributed by atoms with Gasteiger partial charge in [0.15, 0.2) is 0 Å². The molecule has 0 radical (unpaired) electrons. The monoisotopic (exact) mass is 456 g/mol. The lowest BCUT2D eigenvalue weighted by atomic mass is 10.0. The lowest BCUT2D eigenvalue weighted by Crippen LogP contribution is -2.47. The molecule has 1 N–H and O–H groups in total. The van der Waals surface area contributed by atoms with Crippen LogP contribution in [0.5, 0.6) is 0 Å². The molecule has 31 heavy (non-hydrogen) atoms. The SMILES string of the molecule is O=C(O)C1CCc2ccc(S(=O)N3CCN(c4ccc(C(F)(F)F)cc4F)CC3)cc21. The van der Waals surface area contributed by atoms with E-state index >= 15 is 0 Å². The second kappa shape index (κ2) is 8.23. The van der Waals surface area contributed by atoms with Crippen molar-refractivity contribution in [3.63, 3.8) is 0 Å². The van der Waals surface area contributed by atoms with E-state index in [1.165, 1.54) is 0 Å². The summed E-state index contributed by atoms with van der Waals surface area (Å²) in [7, 11) is -1.51. The highest BCUT2D eigenvalue weighted by Crippen LogP contribution is 2.35. The van der Waals surface area contributed by atoms with Crippen molar-refractivity contribution in [2.45, 2.75) is 29.8 Å². The molecule has 1 aliphatic carbocycles. The summed E-state index contributed by atoms with van der Waals surface area (Å²) in [6.07, 6.45) is -3.40. The lowest BCUT2D eigenvalue weighted by molar-refractivity contribution is -0.139. The second-order valence-electron chi connectivity index (χ2n) is 7.62. The van der Waals surface area contributed by atoms with Gasteiger partial charge in [-0.1, -0.05) is 6.07 Å². The fourth-order valence-electron chi connectivity index (χ4n) is 4.13. The van der Waals surface area contributed by atoms with E-state index in [-0.39, 0.29) is 5.69 Å². The van der Waals surface area contributed by atoms with Crippen LogP contribution in [0.4, 0.5) is 23.2 Å². The van der Waals surface area contributed by atoms with Crippen LogP contribution in [-0.2, 0) is 28.4 Å². The number of carboxylic acid groups (broad SMARTS) is 1. The standard InChI is InChI=1S/C21H20F4N2O3S/c22-18-11-14(21(23,24)25)3-6-19(18)26-7-9-27(10-8-26)31(30)15-4-1-13-2-5-16(20(28)29)17(13)12-15/h1,3-4,6,11-12,16H,2,5,7-10H2,(H,28,29). The molecule has 1 heterocycles. The summed E-state index contributed by atoms with van der Waals surface area (Å²) in [6, 6.07) is 7.71. The summed E-state index contributed by atoms with van der Waals surface area (Å²) >= 11 is 0. The number of piperazine rings is 1. The number of rotatable bonds is 4. The summed E-state index contributed by atoms with van der Waals surface area (Å²) < 4.78 is 67.2. The van der Waals surface area contributed by atoms with Crippen molar-refractivity contribution in [1.82, 2.24) is 4.31 Å². The first-order valence-electron chi connectivity index (χ1n) is 9.79. The van der Waals surface area contributed by atoms with Gasteiger partial charge in [0.25, 0.3) is 0 Å². The minimum absolute atomic E-state index is 0.0836. The number of anilines is 1. The molecule has 2 aromatic carbocycles. The van der Waals surface area contributed by atoms with Gasteiger partial charge in [-0.2, -0.15) is 13.2 Å². The maximum atomic E-state index is 14.3. The maximum Gasteiger partial charge on any atom is 0.416 e. The van der Waals surface area contributed by atoms with Crippen molar-refractivity contribution < 1.29 is 31.7 Å². The molecule has 2 unspecified atom stereocenters. The molecule has 1 saturated heterocycles. The molecule has 2 aliphatic rings. The van der Waals surface area contributed by atoms with Crippen LogP contribution >= 0.6 is 0 Å². The van der Waals surface area contributed by atoms with Crippen LogP contribution in [0.3, 0.4) is 0 Å². The van der Waals surface area contributed by atoms with E-state index in [0.717, 1.165) is 17.7 Å². The Morgan fingerprint density at radius 3 is 2.39 bits per heavy atom. The first-order chi connectivity index (χ1) is 14.6. The minimum atomic E-state index is -4.61. The number of nitrogens with zero attached hydrogens (tertiary/aromatic N) is 2. The van der Waals surface area contributed by atoms with Gasteiger partial charge in [-0.3, -0.25) is 4.79 Å². The van der Waals surface area contributed by atoms with Gasteiger partial charge in [0.1, 0.15) is 16.8 Å². The Bertz CT molecular complexity index is 1040. The predicted octanol–water partition coefficient (Wildman–Crippen LogP) is 3.80. The molecular weight excluding hydrogens is 436 g/mol. The fourth-order valence-corrected chi connectivity index (χ4v) is 5.33. The van der Waals surface area contributed by atoms with Crippen molar-refractivity contribution in [3.05, 3.63) is 58.9 Å². The summed E-state index contributed by atoms with van der Waals surface area (Å²) in [5.74, 6) is -2.43. The van der Waals surface area contributed by atoms with E-state index in [1.54, 1.807) is 21.3 Å². The number of hydrogen-bond acceptors (Lipinski definition) is 3. The zero-order valence-corrected chi connectivity index (χ0v) is 17.2. The number of fused-ring (bicyclic) bond motifs is 1. The Kier molecular flexibility index (Phi) is 5.78. The Morgan fingerprint density at radius 1 is 1.06 bits per heavy atom. The molecule has 0 aromatic heterocycles. The van der Waals surface area contributed by atoms with Gasteiger partial charge < -0.3 is 10.0 Å². The van der Waals surface area contributed by atoms with Gasteiger partial charge in [0.2, 0.25) is 0 Å². The van der Waals surface area contributed by atoms with Crippen LogP contribution in [0.15, 0.2) is 41.3 Å². The summed E-state index contributed by atoms with van der Waals surface area (Å²) in [5, 5.41) is 9.37. The van der Waals surface area contributed by atoms with E-state index in [2.05, 4.69) is 0 Å². The Balaban J connectivity index is 1.44. The Morgan fingerprint density at radius 2 is 1.77 bits per heavy atom. The zero-order chi connectivity index (χ0) is 22.3. The maximum absolute atomic E-state index is 14.3. The average molecular weight is 456 g/mol. The van der Waals surface area contributed by atoms with Gasteiger partial charge >= 0.3 is 12.1 Å². The van der Waals surface area contributed by atoms with Gasteiger partial charge in [-0.15, -0.1) is 0 Å². The normalized spacial score (nSPS) is 20.5. The molecule has 0 saturated carbocycles. The molecule has 0 spiro atoms. The molecule has 1 fully saturated rings. The van der Waals surface area contributed by atoms with E-state index in [4.69, 9.17) is 0 Å². The van der Waals surface area contributed by atoms with Crippen LogP contribution in [0.1, 0.15) is 29.0 Å². The largest absolute Gasteiger partial charge is 0.481 e. The van der Waals surface area contributed by atoms with Crippen molar-refractivity contribution >= 4 is 22.6 Å². The predicted molar refractivity (Wildman–Crippen MR) is 107 cm³/mol. The number of carboxylic acids is 1. The van der Waals surface area contributed by atoms with Crippen molar-refractivity contribution in [1.29, 1.82) is 0 Å². The summed E-state index contributed by atoms with van der Waals surface area (Å²) in [6.45, 7) is 1.26. The third-order valence-corrected chi connectivity index (χ3v) is 7.28. The first-order valence-corrected chi connectivity index (χ1v) is 10.9. The van der Waals surface area contributed by atoms with Crippen molar-refractivity contribution in [2.75, 3.05) is 31.1 Å². The van der Waals surface area contributed by atoms with Crippen molar-refractivity contribution in [2.24, 2.45) is 0 Å². The minimum Gasteiger partial charge on any atom is -0.481 e. The number of alkyl halides is 3. The molecule has 1 aliphatic heterocycles. The Hall–Kier alpha value is -2.46. The van der Waals surface area contributed by atoms with Crippen LogP contribution in [0.2, 0.25) is 0 Å². The molecule has 0 amide bonds. The average Bonchev–Trinajstić information content (AvgIpc) is 3.16. The van der Waals surface area contributed by atoms with Crippen LogP contribution < -0.4 is 4.90 Å². The number of hydrogen-bond donors (Lipinski definition) is 1. The topological polar surface area (TPSA) is 60.9 Å². The smallest absolute Gasteiger partial charge is 0.416 e. The highest BCUT2D eigenvalue weighted by Gasteiger charge is 2.33. The van der Waals surface area contributed by atoms with E-state index < -0.39 is 40.4 Å². The van der Waals surface area contributed by atoms with Gasteiger partial charge in [0, 0.05) is 26.2 Å². The van der Waals surface area contributed by atoms with E-state index in [0.29, 0.717) is 55.5 Å². The molecule has 5 nitrogen and oxygen atoms in total. The summed E-state index contributed by atoms with van der Waals surface area (Å²) in [4.78, 5) is 13.6. The second-order valence-corrected chi connectivity index (χ2v) is 9.11. The third-order valence-electron chi connectivity index (χ3n) is 5.78. The zero-order valence-electron chi connectivity index (χ0n) is 16.4. The number of benzene rings is 2. The number of aryl methyl sites for hydroxylation is 1. The van der Waals surface area contributed by atoms with Gasteiger partial charge in [-0.05, 0) is 54.3 Å². The molecule has 2 atom stereocenters. The Labute approximate surface area is 178 Å². The number of halogens is 4. The molecule has 2 aromatic rings. The first kappa shape index (κ1) is 21.8. The quantitative estimate of drug-likeness (QED) is 0.711. The van der Waals surface area contributed by atoms with E-state index in [1.807, 2.05) is 6.07 Å². The third kappa shape index (κ3) is 4.31. The van der Waals surface area contributed by atoms with E-state index in [9.17, 15) is 31.7 Å². The van der Waals surface area contributed by atoms with Crippen LogP contribution in [0, 0.1) is 5.82 Å². The highest BCUT2D eigenvalue weighted by atomic mass is 32.2. The number of aliphatic carboxylic acids is 1. The molecular formula is C21H20F4N2O3S. The molecule has 10 heteroatoms. The van der Waals surface area contributed by atoms with Crippen LogP contribution in [-0.4, -0.2) is 45.8 Å². The van der Waals surface area contributed by atoms with Crippen LogP contribution in [0.25, 0.3) is 0 Å². The summed E-state index contributed by atoms with van der Waals surface area (Å²) in [5.41, 5.74) is 0.699. The number of carbonyl (C=O) groups is 1. The highest BCUT2D eigenvalue weighted by molar-refractivity contribution is 7.82. The molecule has 4 rings (SSSR count).